The fraction of sp³-hybridized carbons (Fsp3) is 0.227. The van der Waals surface area contributed by atoms with E-state index < -0.39 is 6.04 Å². The Bertz CT molecular complexity index is 1200. The van der Waals surface area contributed by atoms with Gasteiger partial charge in [0.1, 0.15) is 12.6 Å². The molecule has 2 N–H and O–H groups in total. The van der Waals surface area contributed by atoms with Gasteiger partial charge in [-0.05, 0) is 35.4 Å². The summed E-state index contributed by atoms with van der Waals surface area (Å²) in [5.41, 5.74) is 3.73. The van der Waals surface area contributed by atoms with Crippen molar-refractivity contribution in [3.8, 4) is 11.5 Å². The summed E-state index contributed by atoms with van der Waals surface area (Å²) in [6, 6.07) is 12.2. The number of nitrogens with zero attached hydrogens (tertiary/aromatic N) is 3. The Morgan fingerprint density at radius 2 is 2.03 bits per heavy atom. The lowest BCUT2D eigenvalue weighted by molar-refractivity contribution is -0.157. The smallest absolute Gasteiger partial charge is 0.266 e. The molecule has 30 heavy (non-hydrogen) atoms. The number of aromatic hydroxyl groups is 1. The van der Waals surface area contributed by atoms with Crippen LogP contribution in [0.25, 0.3) is 10.9 Å². The van der Waals surface area contributed by atoms with Crippen LogP contribution in [0.3, 0.4) is 0 Å². The van der Waals surface area contributed by atoms with E-state index in [1.165, 1.54) is 24.4 Å². The number of rotatable bonds is 3. The van der Waals surface area contributed by atoms with Crippen LogP contribution in [0.5, 0.6) is 11.5 Å². The molecule has 2 amide bonds. The third-order valence-electron chi connectivity index (χ3n) is 5.70. The number of methoxy groups -OCH3 is 1. The molecule has 3 heterocycles. The van der Waals surface area contributed by atoms with E-state index in [-0.39, 0.29) is 24.1 Å². The number of benzene rings is 2. The summed E-state index contributed by atoms with van der Waals surface area (Å²) in [6.07, 6.45) is 1.95. The van der Waals surface area contributed by atoms with Crippen LogP contribution in [0.15, 0.2) is 47.6 Å². The van der Waals surface area contributed by atoms with Gasteiger partial charge in [-0.15, -0.1) is 0 Å². The van der Waals surface area contributed by atoms with Crippen LogP contribution >= 0.6 is 0 Å². The summed E-state index contributed by atoms with van der Waals surface area (Å²) in [5, 5.41) is 16.3. The number of para-hydroxylation sites is 1. The number of aromatic amines is 1. The Morgan fingerprint density at radius 1 is 1.20 bits per heavy atom. The monoisotopic (exact) mass is 404 g/mol. The fourth-order valence-electron chi connectivity index (χ4n) is 4.17. The number of piperazine rings is 1. The number of hydrogen-bond donors (Lipinski definition) is 2. The Balaban J connectivity index is 1.42. The number of ether oxygens (including phenoxy) is 1. The van der Waals surface area contributed by atoms with E-state index in [0.29, 0.717) is 24.3 Å². The minimum absolute atomic E-state index is 0.0197. The molecule has 5 rings (SSSR count). The van der Waals surface area contributed by atoms with E-state index >= 15 is 0 Å². The molecule has 8 nitrogen and oxygen atoms in total. The van der Waals surface area contributed by atoms with Gasteiger partial charge in [-0.2, -0.15) is 5.10 Å². The molecule has 2 aromatic carbocycles. The average Bonchev–Trinajstić information content (AvgIpc) is 3.13. The second kappa shape index (κ2) is 6.91. The number of amides is 2. The number of carbonyl (C=O) groups is 2. The molecule has 1 atom stereocenters. The SMILES string of the molecule is COc1cc(C=NN2CC(=O)N3Cc4[nH]c5ccccc5c4C[C@@H]3C2=O)ccc1O. The number of phenols is 1. The highest BCUT2D eigenvalue weighted by Gasteiger charge is 2.43. The van der Waals surface area contributed by atoms with Crippen LogP contribution < -0.4 is 4.74 Å². The van der Waals surface area contributed by atoms with Crippen molar-refractivity contribution < 1.29 is 19.4 Å². The lowest BCUT2D eigenvalue weighted by atomic mass is 9.94. The van der Waals surface area contributed by atoms with E-state index in [2.05, 4.69) is 10.1 Å². The number of fused-ring (bicyclic) bond motifs is 4. The summed E-state index contributed by atoms with van der Waals surface area (Å²) in [7, 11) is 1.46. The van der Waals surface area contributed by atoms with Gasteiger partial charge in [-0.1, -0.05) is 18.2 Å². The average molecular weight is 404 g/mol. The van der Waals surface area contributed by atoms with Gasteiger partial charge in [-0.25, -0.2) is 5.01 Å². The maximum atomic E-state index is 13.1. The molecule has 0 spiro atoms. The number of hydrazone groups is 1. The van der Waals surface area contributed by atoms with Crippen molar-refractivity contribution >= 4 is 28.9 Å². The van der Waals surface area contributed by atoms with Gasteiger partial charge < -0.3 is 19.7 Å². The van der Waals surface area contributed by atoms with Gasteiger partial charge in [-0.3, -0.25) is 9.59 Å². The second-order valence-electron chi connectivity index (χ2n) is 7.44. The molecular weight excluding hydrogens is 384 g/mol. The molecule has 0 radical (unpaired) electrons. The lowest BCUT2D eigenvalue weighted by Crippen LogP contribution is -2.60. The zero-order valence-electron chi connectivity index (χ0n) is 16.3. The van der Waals surface area contributed by atoms with Gasteiger partial charge in [0.05, 0.1) is 19.9 Å². The Hall–Kier alpha value is -3.81. The number of carbonyl (C=O) groups excluding carboxylic acids is 2. The second-order valence-corrected chi connectivity index (χ2v) is 7.44. The van der Waals surface area contributed by atoms with E-state index in [1.54, 1.807) is 17.0 Å². The molecule has 0 unspecified atom stereocenters. The predicted molar refractivity (Wildman–Crippen MR) is 110 cm³/mol. The molecule has 8 heteroatoms. The number of hydrogen-bond acceptors (Lipinski definition) is 5. The number of H-pyrrole nitrogens is 1. The van der Waals surface area contributed by atoms with Crippen LogP contribution in [0, 0.1) is 0 Å². The van der Waals surface area contributed by atoms with Crippen molar-refractivity contribution in [2.75, 3.05) is 13.7 Å². The predicted octanol–water partition coefficient (Wildman–Crippen LogP) is 2.01. The minimum atomic E-state index is -0.565. The normalized spacial score (nSPS) is 18.8. The molecular formula is C22H20N4O4. The largest absolute Gasteiger partial charge is 0.504 e. The number of phenolic OH excluding ortho intramolecular Hbond substituents is 1. The first-order chi connectivity index (χ1) is 14.5. The third kappa shape index (κ3) is 2.88. The fourth-order valence-corrected chi connectivity index (χ4v) is 4.17. The van der Waals surface area contributed by atoms with Gasteiger partial charge in [0.25, 0.3) is 5.91 Å². The highest BCUT2D eigenvalue weighted by molar-refractivity contribution is 5.97. The Labute approximate surface area is 172 Å². The highest BCUT2D eigenvalue weighted by atomic mass is 16.5. The Morgan fingerprint density at radius 3 is 2.87 bits per heavy atom. The van der Waals surface area contributed by atoms with Crippen molar-refractivity contribution in [2.45, 2.75) is 19.0 Å². The molecule has 3 aromatic rings. The summed E-state index contributed by atoms with van der Waals surface area (Å²) < 4.78 is 5.09. The van der Waals surface area contributed by atoms with Gasteiger partial charge in [0.2, 0.25) is 5.91 Å². The van der Waals surface area contributed by atoms with E-state index in [9.17, 15) is 14.7 Å². The first-order valence-corrected chi connectivity index (χ1v) is 9.65. The molecule has 0 aliphatic carbocycles. The van der Waals surface area contributed by atoms with E-state index in [0.717, 1.165) is 22.2 Å². The summed E-state index contributed by atoms with van der Waals surface area (Å²) in [6.45, 7) is 0.294. The molecule has 1 aromatic heterocycles. The van der Waals surface area contributed by atoms with Crippen molar-refractivity contribution in [1.82, 2.24) is 14.9 Å². The molecule has 2 aliphatic heterocycles. The van der Waals surface area contributed by atoms with Gasteiger partial charge in [0, 0.05) is 23.0 Å². The first-order valence-electron chi connectivity index (χ1n) is 9.65. The van der Waals surface area contributed by atoms with Gasteiger partial charge >= 0.3 is 0 Å². The molecule has 2 aliphatic rings. The zero-order chi connectivity index (χ0) is 20.8. The van der Waals surface area contributed by atoms with Crippen LogP contribution in [0.1, 0.15) is 16.8 Å². The molecule has 1 saturated heterocycles. The van der Waals surface area contributed by atoms with Crippen molar-refractivity contribution in [2.24, 2.45) is 5.10 Å². The first kappa shape index (κ1) is 18.2. The zero-order valence-corrected chi connectivity index (χ0v) is 16.3. The molecule has 1 fully saturated rings. The Kier molecular flexibility index (Phi) is 4.20. The van der Waals surface area contributed by atoms with Crippen molar-refractivity contribution in [1.29, 1.82) is 0 Å². The van der Waals surface area contributed by atoms with E-state index in [1.807, 2.05) is 24.3 Å². The quantitative estimate of drug-likeness (QED) is 0.653. The van der Waals surface area contributed by atoms with Crippen LogP contribution in [-0.4, -0.2) is 57.7 Å². The summed E-state index contributed by atoms with van der Waals surface area (Å²) >= 11 is 0. The van der Waals surface area contributed by atoms with Crippen molar-refractivity contribution in [3.63, 3.8) is 0 Å². The highest BCUT2D eigenvalue weighted by Crippen LogP contribution is 2.32. The maximum absolute atomic E-state index is 13.1. The van der Waals surface area contributed by atoms with Gasteiger partial charge in [0.15, 0.2) is 11.5 Å². The number of aromatic nitrogens is 1. The molecule has 0 saturated carbocycles. The third-order valence-corrected chi connectivity index (χ3v) is 5.70. The maximum Gasteiger partial charge on any atom is 0.266 e. The van der Waals surface area contributed by atoms with E-state index in [4.69, 9.17) is 4.74 Å². The standard InChI is InChI=1S/C22H20N4O4/c1-30-20-8-13(6-7-19(20)27)10-23-26-12-21(28)25-11-17-15(9-18(25)22(26)29)14-4-2-3-5-16(14)24-17/h2-8,10,18,24,27H,9,11-12H2,1H3/t18-/m1/s1. The number of nitrogens with one attached hydrogen (secondary N) is 1. The van der Waals surface area contributed by atoms with Crippen LogP contribution in [0.2, 0.25) is 0 Å². The van der Waals surface area contributed by atoms with Crippen LogP contribution in [-0.2, 0) is 22.6 Å². The molecule has 152 valence electrons. The minimum Gasteiger partial charge on any atom is -0.504 e. The molecule has 0 bridgehead atoms. The summed E-state index contributed by atoms with van der Waals surface area (Å²) in [4.78, 5) is 30.9. The lowest BCUT2D eigenvalue weighted by Gasteiger charge is -2.40. The topological polar surface area (TPSA) is 98.2 Å². The summed E-state index contributed by atoms with van der Waals surface area (Å²) in [5.74, 6) is -0.00607. The van der Waals surface area contributed by atoms with Crippen LogP contribution in [0.4, 0.5) is 0 Å². The van der Waals surface area contributed by atoms with Crippen molar-refractivity contribution in [3.05, 3.63) is 59.3 Å².